The zero-order valence-electron chi connectivity index (χ0n) is 46.6. The Hall–Kier alpha value is -10.1. The summed E-state index contributed by atoms with van der Waals surface area (Å²) in [6.45, 7) is 9.17. The molecule has 2 heterocycles. The molecule has 0 fully saturated rings. The Morgan fingerprint density at radius 2 is 0.701 bits per heavy atom. The van der Waals surface area contributed by atoms with Gasteiger partial charge in [-0.2, -0.15) is 63.2 Å². The highest BCUT2D eigenvalue weighted by molar-refractivity contribution is 6.14. The van der Waals surface area contributed by atoms with Gasteiger partial charge in [0.05, 0.1) is 67.3 Å². The van der Waals surface area contributed by atoms with Crippen molar-refractivity contribution in [1.82, 2.24) is 9.13 Å². The summed E-state index contributed by atoms with van der Waals surface area (Å²) in [5.41, 5.74) is 0.366. The largest absolute Gasteiger partial charge is 0.417 e. The molecule has 16 heteroatoms. The predicted octanol–water partition coefficient (Wildman–Crippen LogP) is 21.6. The van der Waals surface area contributed by atoms with Crippen LogP contribution in [0.3, 0.4) is 0 Å². The first kappa shape index (κ1) is 57.4. The van der Waals surface area contributed by atoms with Gasteiger partial charge in [0.1, 0.15) is 11.6 Å². The summed E-state index contributed by atoms with van der Waals surface area (Å²) in [5, 5.41) is 24.8. The van der Waals surface area contributed by atoms with E-state index in [1.165, 1.54) is 47.9 Å². The summed E-state index contributed by atoms with van der Waals surface area (Å²) in [7, 11) is 0. The highest BCUT2D eigenvalue weighted by atomic mass is 19.4. The molecular weight excluding hydrogens is 1140 g/mol. The van der Waals surface area contributed by atoms with Crippen LogP contribution in [-0.4, -0.2) is 9.13 Å². The summed E-state index contributed by atoms with van der Waals surface area (Å²) in [6.07, 6.45) is -20.3. The maximum Gasteiger partial charge on any atom is 0.417 e. The second kappa shape index (κ2) is 20.6. The number of hydrogen-bond acceptors (Lipinski definition) is 2. The molecule has 0 bridgehead atoms. The number of hydrogen-bond donors (Lipinski definition) is 0. The fraction of sp³-hybridized carbons (Fsp3) is 0.127. The lowest BCUT2D eigenvalue weighted by Crippen LogP contribution is -2.12. The summed E-state index contributed by atoms with van der Waals surface area (Å²) in [5.74, 6) is 0. The average Bonchev–Trinajstić information content (AvgIpc) is 1.63. The van der Waals surface area contributed by atoms with Gasteiger partial charge in [-0.3, -0.25) is 0 Å². The highest BCUT2D eigenvalue weighted by Crippen LogP contribution is 2.49. The van der Waals surface area contributed by atoms with Gasteiger partial charge in [0.15, 0.2) is 0 Å². The number of aromatic nitrogens is 2. The Morgan fingerprint density at radius 1 is 0.333 bits per heavy atom. The number of nitriles is 2. The van der Waals surface area contributed by atoms with Crippen molar-refractivity contribution in [2.45, 2.75) is 59.3 Å². The van der Waals surface area contributed by atoms with Crippen molar-refractivity contribution >= 4 is 43.6 Å². The molecule has 12 aromatic rings. The number of nitrogens with zero attached hydrogens (tertiary/aromatic N) is 4. The highest BCUT2D eigenvalue weighted by Gasteiger charge is 2.39. The van der Waals surface area contributed by atoms with Crippen molar-refractivity contribution in [2.24, 2.45) is 0 Å². The fourth-order valence-corrected chi connectivity index (χ4v) is 12.3. The van der Waals surface area contributed by atoms with Crippen LogP contribution in [0.1, 0.15) is 61.2 Å². The molecule has 0 unspecified atom stereocenters. The summed E-state index contributed by atoms with van der Waals surface area (Å²) >= 11 is 0. The lowest BCUT2D eigenvalue weighted by atomic mass is 9.90. The van der Waals surface area contributed by atoms with E-state index in [1.54, 1.807) is 47.0 Å². The smallest absolute Gasteiger partial charge is 0.308 e. The SMILES string of the molecule is Cc1cc(C)cc(-c2ccc3c4ccc(-c5cc(C)cc(C(F)(F)F)c5)cc4n(-c4ccc(-c5c(C#N)cccc5C(F)(F)F)c(-n5c6cc(-c7cc(C)cc(C)c7)ccc6c6ccc(-c7cc(C(F)(F)F)cc(C(F)(F)F)c7)cc65)c4C#N)c3c2)c1. The molecule has 0 aliphatic carbocycles. The van der Waals surface area contributed by atoms with Gasteiger partial charge in [0, 0.05) is 32.7 Å². The zero-order valence-corrected chi connectivity index (χ0v) is 46.6. The van der Waals surface area contributed by atoms with Gasteiger partial charge in [0.25, 0.3) is 0 Å². The quantitative estimate of drug-likeness (QED) is 0.149. The number of benzene rings is 10. The molecule has 0 aliphatic rings. The van der Waals surface area contributed by atoms with Gasteiger partial charge in [-0.05, 0) is 157 Å². The first-order valence-electron chi connectivity index (χ1n) is 27.1. The number of halogens is 12. The lowest BCUT2D eigenvalue weighted by Gasteiger charge is -2.23. The predicted molar refractivity (Wildman–Crippen MR) is 315 cm³/mol. The molecule has 0 atom stereocenters. The molecule has 0 N–H and O–H groups in total. The summed E-state index contributed by atoms with van der Waals surface area (Å²) < 4.78 is 181. The first-order chi connectivity index (χ1) is 41.1. The second-order valence-electron chi connectivity index (χ2n) is 22.0. The molecule has 0 radical (unpaired) electrons. The van der Waals surface area contributed by atoms with Gasteiger partial charge in [-0.15, -0.1) is 0 Å². The third-order valence-electron chi connectivity index (χ3n) is 15.8. The number of aryl methyl sites for hydroxylation is 5. The molecule has 87 heavy (non-hydrogen) atoms. The summed E-state index contributed by atoms with van der Waals surface area (Å²) in [4.78, 5) is 0. The second-order valence-corrected chi connectivity index (χ2v) is 22.0. The van der Waals surface area contributed by atoms with E-state index in [9.17, 15) is 50.0 Å². The van der Waals surface area contributed by atoms with Crippen molar-refractivity contribution in [3.05, 3.63) is 237 Å². The van der Waals surface area contributed by atoms with Crippen molar-refractivity contribution in [3.8, 4) is 79.1 Å². The van der Waals surface area contributed by atoms with E-state index in [-0.39, 0.29) is 50.7 Å². The molecule has 0 amide bonds. The molecule has 0 aliphatic heterocycles. The van der Waals surface area contributed by atoms with Gasteiger partial charge >= 0.3 is 24.7 Å². The molecule has 12 rings (SSSR count). The van der Waals surface area contributed by atoms with E-state index in [4.69, 9.17) is 0 Å². The maximum absolute atomic E-state index is 15.8. The van der Waals surface area contributed by atoms with Crippen molar-refractivity contribution in [3.63, 3.8) is 0 Å². The zero-order chi connectivity index (χ0) is 62.0. The van der Waals surface area contributed by atoms with Crippen molar-refractivity contribution in [1.29, 1.82) is 10.5 Å². The van der Waals surface area contributed by atoms with Gasteiger partial charge in [0.2, 0.25) is 0 Å². The Morgan fingerprint density at radius 3 is 1.08 bits per heavy atom. The van der Waals surface area contributed by atoms with Crippen LogP contribution in [-0.2, 0) is 24.7 Å². The van der Waals surface area contributed by atoms with Gasteiger partial charge < -0.3 is 9.13 Å². The third-order valence-corrected chi connectivity index (χ3v) is 15.8. The van der Waals surface area contributed by atoms with Crippen LogP contribution in [0.2, 0.25) is 0 Å². The van der Waals surface area contributed by atoms with Crippen LogP contribution >= 0.6 is 0 Å². The Labute approximate surface area is 489 Å². The van der Waals surface area contributed by atoms with Crippen LogP contribution in [0.15, 0.2) is 176 Å². The van der Waals surface area contributed by atoms with Crippen LogP contribution in [0.25, 0.3) is 111 Å². The molecule has 2 aromatic heterocycles. The molecule has 10 aromatic carbocycles. The Balaban J connectivity index is 1.28. The Kier molecular flexibility index (Phi) is 13.6. The van der Waals surface area contributed by atoms with Crippen LogP contribution in [0, 0.1) is 57.3 Å². The standard InChI is InChI=1S/C71H44F12N4/c1-37-19-38(2)22-47(21-37)42-9-13-54-55-14-11-44(49-25-41(5)26-51(27-49)68(72,73)74)31-63(55)86(62(54)30-42)61-18-17-58(66-46(35-84)7-6-8-60(66)71(81,82)83)67(59(61)36-85)87-64-32-43(48-23-39(3)20-40(4)24-48)10-15-56(64)57-16-12-45(33-65(57)87)50-28-52(69(75,76)77)34-53(29-50)70(78,79)80/h6-34H,1-5H3. The maximum atomic E-state index is 15.8. The average molecular weight is 1180 g/mol. The van der Waals surface area contributed by atoms with Gasteiger partial charge in [-0.1, -0.05) is 125 Å². The molecular formula is C71H44F12N4. The molecule has 4 nitrogen and oxygen atoms in total. The van der Waals surface area contributed by atoms with E-state index in [0.717, 1.165) is 52.1 Å². The van der Waals surface area contributed by atoms with E-state index in [1.807, 2.05) is 88.4 Å². The normalized spacial score (nSPS) is 12.4. The van der Waals surface area contributed by atoms with Crippen LogP contribution in [0.5, 0.6) is 0 Å². The number of alkyl halides is 12. The molecule has 0 saturated heterocycles. The first-order valence-corrected chi connectivity index (χ1v) is 27.1. The van der Waals surface area contributed by atoms with E-state index in [2.05, 4.69) is 6.07 Å². The van der Waals surface area contributed by atoms with Crippen molar-refractivity contribution in [2.75, 3.05) is 0 Å². The van der Waals surface area contributed by atoms with E-state index < -0.39 is 63.6 Å². The van der Waals surface area contributed by atoms with Crippen LogP contribution in [0.4, 0.5) is 52.7 Å². The molecule has 0 spiro atoms. The topological polar surface area (TPSA) is 57.4 Å². The van der Waals surface area contributed by atoms with Gasteiger partial charge in [-0.25, -0.2) is 0 Å². The molecule has 432 valence electrons. The number of fused-ring (bicyclic) bond motifs is 6. The minimum absolute atomic E-state index is 0.00144. The van der Waals surface area contributed by atoms with Crippen LogP contribution < -0.4 is 0 Å². The minimum Gasteiger partial charge on any atom is -0.308 e. The lowest BCUT2D eigenvalue weighted by molar-refractivity contribution is -0.143. The van der Waals surface area contributed by atoms with Crippen molar-refractivity contribution < 1.29 is 52.7 Å². The third kappa shape index (κ3) is 10.3. The number of rotatable bonds is 7. The Bertz CT molecular complexity index is 4880. The van der Waals surface area contributed by atoms with E-state index in [0.29, 0.717) is 72.5 Å². The fourth-order valence-electron chi connectivity index (χ4n) is 12.3. The summed E-state index contributed by atoms with van der Waals surface area (Å²) in [6, 6.07) is 46.5. The van der Waals surface area contributed by atoms with E-state index >= 15 is 13.2 Å². The monoisotopic (exact) mass is 1180 g/mol. The minimum atomic E-state index is -5.24. The molecule has 0 saturated carbocycles.